The normalized spacial score (nSPS) is 10.8. The van der Waals surface area contributed by atoms with Crippen LogP contribution in [0.25, 0.3) is 0 Å². The number of carbonyl (C=O) groups excluding carboxylic acids is 1. The van der Waals surface area contributed by atoms with Gasteiger partial charge in [-0.05, 0) is 18.9 Å². The van der Waals surface area contributed by atoms with Gasteiger partial charge < -0.3 is 14.2 Å². The molecule has 0 aliphatic rings. The van der Waals surface area contributed by atoms with Gasteiger partial charge in [-0.15, -0.1) is 0 Å². The Kier molecular flexibility index (Phi) is 9.19. The Hall–Kier alpha value is -3.21. The lowest BCUT2D eigenvalue weighted by atomic mass is 10.2. The Morgan fingerprint density at radius 3 is 2.71 bits per heavy atom. The quantitative estimate of drug-likeness (QED) is 0.166. The van der Waals surface area contributed by atoms with Gasteiger partial charge >= 0.3 is 11.7 Å². The zero-order valence-corrected chi connectivity index (χ0v) is 18.8. The maximum Gasteiger partial charge on any atom is 0.350 e. The molecule has 31 heavy (non-hydrogen) atoms. The number of aryl methyl sites for hydroxylation is 1. The summed E-state index contributed by atoms with van der Waals surface area (Å²) in [6.07, 6.45) is 4.76. The van der Waals surface area contributed by atoms with E-state index in [0.29, 0.717) is 34.3 Å². The molecule has 0 unspecified atom stereocenters. The van der Waals surface area contributed by atoms with Crippen molar-refractivity contribution in [3.8, 4) is 11.5 Å². The summed E-state index contributed by atoms with van der Waals surface area (Å²) < 4.78 is 15.7. The third-order valence-corrected chi connectivity index (χ3v) is 5.23. The third kappa shape index (κ3) is 6.38. The second-order valence-electron chi connectivity index (χ2n) is 6.39. The topological polar surface area (TPSA) is 125 Å². The number of hydrogen-bond donors (Lipinski definition) is 1. The van der Waals surface area contributed by atoms with Crippen LogP contribution in [0.1, 0.15) is 54.0 Å². The Morgan fingerprint density at radius 2 is 2.10 bits per heavy atom. The minimum atomic E-state index is -0.514. The predicted molar refractivity (Wildman–Crippen MR) is 119 cm³/mol. The molecule has 1 aromatic carbocycles. The maximum atomic E-state index is 11.8. The second-order valence-corrected chi connectivity index (χ2v) is 7.39. The third-order valence-electron chi connectivity index (χ3n) is 4.25. The summed E-state index contributed by atoms with van der Waals surface area (Å²) in [5.74, 6) is -0.104. The molecule has 1 heterocycles. The fourth-order valence-corrected chi connectivity index (χ4v) is 3.62. The number of benzene rings is 1. The summed E-state index contributed by atoms with van der Waals surface area (Å²) in [6, 6.07) is 2.97. The van der Waals surface area contributed by atoms with Crippen molar-refractivity contribution in [3.63, 3.8) is 0 Å². The number of esters is 1. The second kappa shape index (κ2) is 11.8. The molecule has 0 aliphatic heterocycles. The number of unbranched alkanes of at least 4 members (excludes halogenated alkanes) is 2. The number of methoxy groups -OCH3 is 2. The molecule has 0 spiro atoms. The van der Waals surface area contributed by atoms with Crippen molar-refractivity contribution < 1.29 is 23.9 Å². The van der Waals surface area contributed by atoms with Gasteiger partial charge in [0.05, 0.1) is 37.7 Å². The minimum absolute atomic E-state index is 0.101. The first-order chi connectivity index (χ1) is 14.9. The first-order valence-electron chi connectivity index (χ1n) is 9.81. The lowest BCUT2D eigenvalue weighted by molar-refractivity contribution is -0.386. The zero-order chi connectivity index (χ0) is 22.8. The molecule has 0 bridgehead atoms. The number of aromatic nitrogens is 1. The number of anilines is 1. The largest absolute Gasteiger partial charge is 0.493 e. The van der Waals surface area contributed by atoms with Crippen molar-refractivity contribution in [2.24, 2.45) is 5.10 Å². The first kappa shape index (κ1) is 24.1. The molecule has 0 aliphatic carbocycles. The van der Waals surface area contributed by atoms with Crippen molar-refractivity contribution in [1.82, 2.24) is 4.98 Å². The molecule has 0 atom stereocenters. The SMILES string of the molecule is CCCCCOc1c(OC)cc(/C=N\Nc2nc(CC)c(C(=O)OC)s2)cc1[N+](=O)[O-]. The van der Waals surface area contributed by atoms with Crippen molar-refractivity contribution >= 4 is 34.3 Å². The van der Waals surface area contributed by atoms with Crippen molar-refractivity contribution in [1.29, 1.82) is 0 Å². The van der Waals surface area contributed by atoms with Crippen LogP contribution in [0, 0.1) is 10.1 Å². The molecule has 1 aromatic heterocycles. The van der Waals surface area contributed by atoms with E-state index in [0.717, 1.165) is 30.6 Å². The summed E-state index contributed by atoms with van der Waals surface area (Å²) in [6.45, 7) is 4.31. The first-order valence-corrected chi connectivity index (χ1v) is 10.6. The van der Waals surface area contributed by atoms with Crippen molar-refractivity contribution in [2.45, 2.75) is 39.5 Å². The van der Waals surface area contributed by atoms with Crippen LogP contribution < -0.4 is 14.9 Å². The van der Waals surface area contributed by atoms with Gasteiger partial charge in [0.15, 0.2) is 5.75 Å². The van der Waals surface area contributed by atoms with E-state index in [1.807, 2.05) is 6.92 Å². The molecule has 10 nitrogen and oxygen atoms in total. The van der Waals surface area contributed by atoms with Gasteiger partial charge in [0.1, 0.15) is 4.88 Å². The van der Waals surface area contributed by atoms with E-state index in [1.54, 1.807) is 6.07 Å². The zero-order valence-electron chi connectivity index (χ0n) is 18.0. The van der Waals surface area contributed by atoms with Crippen LogP contribution >= 0.6 is 11.3 Å². The highest BCUT2D eigenvalue weighted by atomic mass is 32.1. The summed E-state index contributed by atoms with van der Waals surface area (Å²) in [5, 5.41) is 16.0. The van der Waals surface area contributed by atoms with Crippen LogP contribution in [-0.4, -0.2) is 42.9 Å². The van der Waals surface area contributed by atoms with E-state index in [9.17, 15) is 14.9 Å². The summed E-state index contributed by atoms with van der Waals surface area (Å²) >= 11 is 1.12. The maximum absolute atomic E-state index is 11.8. The average molecular weight is 451 g/mol. The van der Waals surface area contributed by atoms with E-state index < -0.39 is 10.9 Å². The van der Waals surface area contributed by atoms with Gasteiger partial charge in [-0.2, -0.15) is 5.10 Å². The molecule has 2 rings (SSSR count). The number of hydrazone groups is 1. The number of nitro benzene ring substituents is 1. The van der Waals surface area contributed by atoms with Gasteiger partial charge in [-0.25, -0.2) is 9.78 Å². The Morgan fingerprint density at radius 1 is 1.32 bits per heavy atom. The standard InChI is InChI=1S/C20H26N4O6S/c1-5-7-8-9-30-17-15(24(26)27)10-13(11-16(17)28-3)12-21-23-20-22-14(6-2)18(31-20)19(25)29-4/h10-12H,5-9H2,1-4H3,(H,22,23)/b21-12-. The number of nitrogens with zero attached hydrogens (tertiary/aromatic N) is 3. The lowest BCUT2D eigenvalue weighted by Gasteiger charge is -2.11. The number of carbonyl (C=O) groups is 1. The van der Waals surface area contributed by atoms with Gasteiger partial charge in [0.2, 0.25) is 10.9 Å². The number of thiazole rings is 1. The number of hydrogen-bond acceptors (Lipinski definition) is 10. The summed E-state index contributed by atoms with van der Waals surface area (Å²) in [5.41, 5.74) is 3.59. The summed E-state index contributed by atoms with van der Waals surface area (Å²) in [4.78, 5) is 27.6. The van der Waals surface area contributed by atoms with Gasteiger partial charge in [-0.1, -0.05) is 38.0 Å². The van der Waals surface area contributed by atoms with E-state index in [4.69, 9.17) is 14.2 Å². The van der Waals surface area contributed by atoms with Gasteiger partial charge in [-0.3, -0.25) is 15.5 Å². The highest BCUT2D eigenvalue weighted by molar-refractivity contribution is 7.17. The van der Waals surface area contributed by atoms with Crippen LogP contribution in [0.5, 0.6) is 11.5 Å². The summed E-state index contributed by atoms with van der Waals surface area (Å²) in [7, 11) is 2.73. The van der Waals surface area contributed by atoms with Crippen molar-refractivity contribution in [3.05, 3.63) is 38.4 Å². The molecule has 0 saturated carbocycles. The van der Waals surface area contributed by atoms with Gasteiger partial charge in [0, 0.05) is 11.6 Å². The molecule has 0 radical (unpaired) electrons. The molecule has 1 N–H and O–H groups in total. The Balaban J connectivity index is 2.22. The minimum Gasteiger partial charge on any atom is -0.493 e. The number of ether oxygens (including phenoxy) is 3. The van der Waals surface area contributed by atoms with E-state index >= 15 is 0 Å². The molecule has 0 saturated heterocycles. The Labute approximate surface area is 184 Å². The fraction of sp³-hybridized carbons (Fsp3) is 0.450. The Bertz CT molecular complexity index is 944. The number of nitrogens with one attached hydrogen (secondary N) is 1. The molecule has 168 valence electrons. The van der Waals surface area contributed by atoms with E-state index in [1.165, 1.54) is 26.5 Å². The smallest absolute Gasteiger partial charge is 0.350 e. The molecule has 2 aromatic rings. The van der Waals surface area contributed by atoms with Crippen LogP contribution in [0.15, 0.2) is 17.2 Å². The number of nitro groups is 1. The van der Waals surface area contributed by atoms with Crippen molar-refractivity contribution in [2.75, 3.05) is 26.3 Å². The van der Waals surface area contributed by atoms with E-state index in [-0.39, 0.29) is 17.2 Å². The van der Waals surface area contributed by atoms with E-state index in [2.05, 4.69) is 22.4 Å². The fourth-order valence-electron chi connectivity index (χ4n) is 2.69. The van der Waals surface area contributed by atoms with Crippen LogP contribution in [0.2, 0.25) is 0 Å². The molecule has 0 amide bonds. The van der Waals surface area contributed by atoms with Crippen LogP contribution in [-0.2, 0) is 11.2 Å². The average Bonchev–Trinajstić information content (AvgIpc) is 3.19. The van der Waals surface area contributed by atoms with Crippen LogP contribution in [0.3, 0.4) is 0 Å². The molecular formula is C20H26N4O6S. The monoisotopic (exact) mass is 450 g/mol. The highest BCUT2D eigenvalue weighted by Crippen LogP contribution is 2.38. The van der Waals surface area contributed by atoms with Crippen LogP contribution in [0.4, 0.5) is 10.8 Å². The highest BCUT2D eigenvalue weighted by Gasteiger charge is 2.22. The molecule has 0 fully saturated rings. The molecule has 11 heteroatoms. The predicted octanol–water partition coefficient (Wildman–Crippen LogP) is 4.42. The molecular weight excluding hydrogens is 424 g/mol. The number of rotatable bonds is 12. The lowest BCUT2D eigenvalue weighted by Crippen LogP contribution is -2.04. The van der Waals surface area contributed by atoms with Gasteiger partial charge in [0.25, 0.3) is 0 Å².